The van der Waals surface area contributed by atoms with Crippen molar-refractivity contribution < 1.29 is 23.8 Å². The summed E-state index contributed by atoms with van der Waals surface area (Å²) in [5, 5.41) is 3.37. The quantitative estimate of drug-likeness (QED) is 0.360. The maximum atomic E-state index is 12.2. The van der Waals surface area contributed by atoms with Gasteiger partial charge >= 0.3 is 12.1 Å². The first kappa shape index (κ1) is 26.9. The molecule has 3 rings (SSSR count). The average molecular weight is 507 g/mol. The number of esters is 1. The zero-order valence-corrected chi connectivity index (χ0v) is 21.6. The summed E-state index contributed by atoms with van der Waals surface area (Å²) in [5.41, 5.74) is 1.09. The Labute approximate surface area is 211 Å². The van der Waals surface area contributed by atoms with Crippen LogP contribution in [0.3, 0.4) is 0 Å². The minimum absolute atomic E-state index is 0.0326. The van der Waals surface area contributed by atoms with Crippen molar-refractivity contribution in [3.8, 4) is 0 Å². The van der Waals surface area contributed by atoms with Gasteiger partial charge in [-0.2, -0.15) is 0 Å². The number of rotatable bonds is 10. The minimum Gasteiger partial charge on any atom is -0.466 e. The first-order valence-electron chi connectivity index (χ1n) is 12.1. The first-order chi connectivity index (χ1) is 16.7. The van der Waals surface area contributed by atoms with Gasteiger partial charge in [0.15, 0.2) is 5.15 Å². The molecule has 0 spiro atoms. The van der Waals surface area contributed by atoms with Crippen LogP contribution in [0.4, 0.5) is 4.79 Å². The smallest absolute Gasteiger partial charge is 0.407 e. The van der Waals surface area contributed by atoms with Crippen molar-refractivity contribution in [2.24, 2.45) is 0 Å². The Balaban J connectivity index is 1.61. The summed E-state index contributed by atoms with van der Waals surface area (Å²) in [4.78, 5) is 32.5. The summed E-state index contributed by atoms with van der Waals surface area (Å²) in [6.45, 7) is 8.55. The zero-order valence-electron chi connectivity index (χ0n) is 20.9. The summed E-state index contributed by atoms with van der Waals surface area (Å²) < 4.78 is 17.8. The van der Waals surface area contributed by atoms with Crippen LogP contribution in [0.5, 0.6) is 0 Å². The molecule has 0 aromatic carbocycles. The van der Waals surface area contributed by atoms with Crippen molar-refractivity contribution in [1.29, 1.82) is 0 Å². The van der Waals surface area contributed by atoms with Crippen LogP contribution in [0.2, 0.25) is 5.15 Å². The van der Waals surface area contributed by atoms with Crippen molar-refractivity contribution in [1.82, 2.24) is 19.7 Å². The summed E-state index contributed by atoms with van der Waals surface area (Å²) in [6.07, 6.45) is 10.5. The molecule has 2 aromatic heterocycles. The van der Waals surface area contributed by atoms with Gasteiger partial charge in [0.1, 0.15) is 16.9 Å². The SMILES string of the molecule is CCOC(=O)CCOCC/C=C/c1cnc(Cl)c2cnc([C@@H]3CC[C@@H](NC(=O)OC(C)(C)C)C3)n12. The fourth-order valence-electron chi connectivity index (χ4n) is 4.10. The van der Waals surface area contributed by atoms with E-state index in [0.29, 0.717) is 31.4 Å². The van der Waals surface area contributed by atoms with Crippen LogP contribution in [0.1, 0.15) is 77.2 Å². The zero-order chi connectivity index (χ0) is 25.4. The molecule has 10 heteroatoms. The predicted octanol–water partition coefficient (Wildman–Crippen LogP) is 4.92. The number of amides is 1. The summed E-state index contributed by atoms with van der Waals surface area (Å²) in [6, 6.07) is 0.0326. The van der Waals surface area contributed by atoms with Crippen molar-refractivity contribution >= 4 is 35.3 Å². The molecule has 2 heterocycles. The molecule has 9 nitrogen and oxygen atoms in total. The highest BCUT2D eigenvalue weighted by Gasteiger charge is 2.31. The van der Waals surface area contributed by atoms with Gasteiger partial charge in [-0.3, -0.25) is 9.20 Å². The Morgan fingerprint density at radius 1 is 1.23 bits per heavy atom. The van der Waals surface area contributed by atoms with E-state index in [4.69, 9.17) is 25.8 Å². The molecule has 0 radical (unpaired) electrons. The van der Waals surface area contributed by atoms with Gasteiger partial charge in [0.25, 0.3) is 0 Å². The number of halogens is 1. The third-order valence-corrected chi connectivity index (χ3v) is 5.85. The van der Waals surface area contributed by atoms with Gasteiger partial charge in [0.05, 0.1) is 44.3 Å². The van der Waals surface area contributed by atoms with Crippen molar-refractivity contribution in [3.05, 3.63) is 35.1 Å². The Hall–Kier alpha value is -2.65. The molecule has 35 heavy (non-hydrogen) atoms. The second-order valence-corrected chi connectivity index (χ2v) is 9.88. The molecule has 0 aliphatic heterocycles. The van der Waals surface area contributed by atoms with Gasteiger partial charge in [-0.15, -0.1) is 0 Å². The van der Waals surface area contributed by atoms with Crippen molar-refractivity contribution in [2.45, 2.75) is 77.4 Å². The van der Waals surface area contributed by atoms with E-state index < -0.39 is 11.7 Å². The largest absolute Gasteiger partial charge is 0.466 e. The van der Waals surface area contributed by atoms with Crippen molar-refractivity contribution in [3.63, 3.8) is 0 Å². The maximum Gasteiger partial charge on any atom is 0.407 e. The average Bonchev–Trinajstić information content (AvgIpc) is 3.41. The lowest BCUT2D eigenvalue weighted by atomic mass is 10.1. The van der Waals surface area contributed by atoms with Crippen LogP contribution in [0, 0.1) is 0 Å². The van der Waals surface area contributed by atoms with E-state index in [1.807, 2.05) is 37.3 Å². The van der Waals surface area contributed by atoms with Crippen LogP contribution < -0.4 is 5.32 Å². The molecule has 0 saturated heterocycles. The lowest BCUT2D eigenvalue weighted by Crippen LogP contribution is -2.37. The maximum absolute atomic E-state index is 12.2. The van der Waals surface area contributed by atoms with Crippen LogP contribution in [-0.2, 0) is 19.0 Å². The number of nitrogens with zero attached hydrogens (tertiary/aromatic N) is 3. The molecule has 1 aliphatic carbocycles. The lowest BCUT2D eigenvalue weighted by molar-refractivity contribution is -0.144. The Bertz CT molecular complexity index is 1050. The number of carbonyl (C=O) groups excluding carboxylic acids is 2. The van der Waals surface area contributed by atoms with E-state index in [9.17, 15) is 9.59 Å². The van der Waals surface area contributed by atoms with Crippen LogP contribution in [0.15, 0.2) is 18.5 Å². The molecular weight excluding hydrogens is 472 g/mol. The molecule has 2 atom stereocenters. The summed E-state index contributed by atoms with van der Waals surface area (Å²) in [5.74, 6) is 0.832. The second kappa shape index (κ2) is 12.4. The number of ether oxygens (including phenoxy) is 3. The topological polar surface area (TPSA) is 104 Å². The molecule has 2 aromatic rings. The Kier molecular flexibility index (Phi) is 9.51. The van der Waals surface area contributed by atoms with E-state index in [1.54, 1.807) is 19.3 Å². The molecule has 1 aliphatic rings. The number of aromatic nitrogens is 3. The minimum atomic E-state index is -0.529. The number of alkyl carbamates (subject to hydrolysis) is 1. The standard InChI is InChI=1S/C25H35ClN4O5/c1-5-34-21(31)11-13-33-12-7-6-8-19-15-27-22(26)20-16-28-23(30(19)20)17-9-10-18(14-17)29-24(32)35-25(2,3)4/h6,8,15-18H,5,7,9-14H2,1-4H3,(H,29,32)/b8-6+/t17-,18-/m1/s1. The van der Waals surface area contributed by atoms with Gasteiger partial charge < -0.3 is 19.5 Å². The van der Waals surface area contributed by atoms with Gasteiger partial charge in [-0.25, -0.2) is 14.8 Å². The van der Waals surface area contributed by atoms with E-state index in [1.165, 1.54) is 0 Å². The molecule has 1 fully saturated rings. The van der Waals surface area contributed by atoms with E-state index in [0.717, 1.165) is 36.3 Å². The Morgan fingerprint density at radius 2 is 2.03 bits per heavy atom. The van der Waals surface area contributed by atoms with Gasteiger partial charge in [-0.05, 0) is 59.5 Å². The van der Waals surface area contributed by atoms with Crippen LogP contribution in [-0.4, -0.2) is 57.9 Å². The molecule has 1 saturated carbocycles. The van der Waals surface area contributed by atoms with Gasteiger partial charge in [0, 0.05) is 12.0 Å². The summed E-state index contributed by atoms with van der Waals surface area (Å²) in [7, 11) is 0. The molecular formula is C25H35ClN4O5. The van der Waals surface area contributed by atoms with Gasteiger partial charge in [0.2, 0.25) is 0 Å². The van der Waals surface area contributed by atoms with E-state index in [-0.39, 0.29) is 24.3 Å². The Morgan fingerprint density at radius 3 is 2.77 bits per heavy atom. The summed E-state index contributed by atoms with van der Waals surface area (Å²) >= 11 is 6.35. The van der Waals surface area contributed by atoms with Crippen LogP contribution >= 0.6 is 11.6 Å². The van der Waals surface area contributed by atoms with Crippen molar-refractivity contribution in [2.75, 3.05) is 19.8 Å². The number of hydrogen-bond acceptors (Lipinski definition) is 7. The fourth-order valence-corrected chi connectivity index (χ4v) is 4.28. The predicted molar refractivity (Wildman–Crippen MR) is 133 cm³/mol. The molecule has 0 bridgehead atoms. The van der Waals surface area contributed by atoms with Crippen LogP contribution in [0.25, 0.3) is 11.6 Å². The monoisotopic (exact) mass is 506 g/mol. The highest BCUT2D eigenvalue weighted by molar-refractivity contribution is 6.32. The number of hydrogen-bond donors (Lipinski definition) is 1. The number of imidazole rings is 1. The van der Waals surface area contributed by atoms with E-state index >= 15 is 0 Å². The normalized spacial score (nSPS) is 18.3. The highest BCUT2D eigenvalue weighted by Crippen LogP contribution is 2.35. The van der Waals surface area contributed by atoms with E-state index in [2.05, 4.69) is 15.3 Å². The lowest BCUT2D eigenvalue weighted by Gasteiger charge is -2.21. The molecule has 192 valence electrons. The molecule has 1 amide bonds. The highest BCUT2D eigenvalue weighted by atomic mass is 35.5. The second-order valence-electron chi connectivity index (χ2n) is 9.52. The number of nitrogens with one attached hydrogen (secondary N) is 1. The third-order valence-electron chi connectivity index (χ3n) is 5.56. The third kappa shape index (κ3) is 7.93. The molecule has 0 unspecified atom stereocenters. The molecule has 1 N–H and O–H groups in total. The first-order valence-corrected chi connectivity index (χ1v) is 12.5. The fraction of sp³-hybridized carbons (Fsp3) is 0.600. The van der Waals surface area contributed by atoms with Gasteiger partial charge in [-0.1, -0.05) is 17.7 Å². The number of fused-ring (bicyclic) bond motifs is 1. The number of carbonyl (C=O) groups is 2.